The molecule has 4 heteroatoms. The third kappa shape index (κ3) is 6.64. The number of rotatable bonds is 7. The van der Waals surface area contributed by atoms with E-state index in [1.807, 2.05) is 0 Å². The average Bonchev–Trinajstić information content (AvgIpc) is 2.34. The Bertz CT molecular complexity index is 213. The largest absolute Gasteiger partial charge is 0.396 e. The Morgan fingerprint density at radius 1 is 1.35 bits per heavy atom. The predicted octanol–water partition coefficient (Wildman–Crippen LogP) is 0.997. The van der Waals surface area contributed by atoms with Crippen LogP contribution in [0.5, 0.6) is 0 Å². The van der Waals surface area contributed by atoms with Gasteiger partial charge in [0.15, 0.2) is 0 Å². The monoisotopic (exact) mass is 242 g/mol. The molecule has 1 aliphatic rings. The lowest BCUT2D eigenvalue weighted by molar-refractivity contribution is -0.121. The molecule has 1 amide bonds. The lowest BCUT2D eigenvalue weighted by Gasteiger charge is -2.30. The quantitative estimate of drug-likeness (QED) is 0.655. The summed E-state index contributed by atoms with van der Waals surface area (Å²) >= 11 is 0. The molecule has 0 bridgehead atoms. The number of likely N-dealkylation sites (tertiary alicyclic amines) is 1. The average molecular weight is 242 g/mol. The van der Waals surface area contributed by atoms with Crippen molar-refractivity contribution in [3.63, 3.8) is 0 Å². The number of piperidine rings is 1. The fourth-order valence-corrected chi connectivity index (χ4v) is 2.14. The van der Waals surface area contributed by atoms with Crippen LogP contribution in [0.1, 0.15) is 39.0 Å². The van der Waals surface area contributed by atoms with Gasteiger partial charge in [-0.3, -0.25) is 4.79 Å². The summed E-state index contributed by atoms with van der Waals surface area (Å²) in [6, 6.07) is 0. The third-order valence-corrected chi connectivity index (χ3v) is 3.41. The first kappa shape index (κ1) is 14.5. The second-order valence-electron chi connectivity index (χ2n) is 5.05. The van der Waals surface area contributed by atoms with Crippen molar-refractivity contribution in [2.24, 2.45) is 5.92 Å². The number of nitrogens with zero attached hydrogens (tertiary/aromatic N) is 1. The number of aliphatic hydroxyl groups excluding tert-OH is 1. The Morgan fingerprint density at radius 3 is 2.71 bits per heavy atom. The van der Waals surface area contributed by atoms with Crippen LogP contribution in [-0.2, 0) is 4.79 Å². The van der Waals surface area contributed by atoms with Crippen molar-refractivity contribution in [3.05, 3.63) is 0 Å². The van der Waals surface area contributed by atoms with E-state index in [9.17, 15) is 4.79 Å². The number of hydrogen-bond donors (Lipinski definition) is 2. The summed E-state index contributed by atoms with van der Waals surface area (Å²) in [4.78, 5) is 13.7. The second kappa shape index (κ2) is 8.48. The summed E-state index contributed by atoms with van der Waals surface area (Å²) in [6.45, 7) is 6.68. The maximum absolute atomic E-state index is 11.3. The van der Waals surface area contributed by atoms with Gasteiger partial charge in [-0.25, -0.2) is 0 Å². The Balaban J connectivity index is 1.95. The van der Waals surface area contributed by atoms with Crippen molar-refractivity contribution in [3.8, 4) is 0 Å². The highest BCUT2D eigenvalue weighted by atomic mass is 16.3. The Labute approximate surface area is 104 Å². The van der Waals surface area contributed by atoms with Gasteiger partial charge < -0.3 is 15.3 Å². The van der Waals surface area contributed by atoms with Crippen molar-refractivity contribution < 1.29 is 9.90 Å². The minimum atomic E-state index is 0.0614. The molecular formula is C13H26N2O2. The molecule has 0 aromatic carbocycles. The summed E-state index contributed by atoms with van der Waals surface area (Å²) in [6.07, 6.45) is 4.65. The molecule has 17 heavy (non-hydrogen) atoms. The van der Waals surface area contributed by atoms with Crippen LogP contribution < -0.4 is 5.32 Å². The van der Waals surface area contributed by atoms with Gasteiger partial charge in [-0.15, -0.1) is 0 Å². The normalized spacial score (nSPS) is 18.2. The summed E-state index contributed by atoms with van der Waals surface area (Å²) in [5.41, 5.74) is 0. The molecule has 1 saturated heterocycles. The molecule has 4 nitrogen and oxygen atoms in total. The minimum Gasteiger partial charge on any atom is -0.396 e. The highest BCUT2D eigenvalue weighted by Gasteiger charge is 2.14. The number of carbonyl (C=O) groups excluding carboxylic acids is 1. The molecule has 0 radical (unpaired) electrons. The van der Waals surface area contributed by atoms with Crippen LogP contribution in [0.3, 0.4) is 0 Å². The Morgan fingerprint density at radius 2 is 2.06 bits per heavy atom. The fraction of sp³-hybridized carbons (Fsp3) is 0.923. The van der Waals surface area contributed by atoms with E-state index in [1.54, 1.807) is 0 Å². The van der Waals surface area contributed by atoms with Gasteiger partial charge in [0.05, 0.1) is 0 Å². The molecule has 0 aromatic heterocycles. The van der Waals surface area contributed by atoms with Crippen molar-refractivity contribution in [1.82, 2.24) is 10.2 Å². The standard InChI is InChI=1S/C13H26N2O2/c1-12-5-9-15(10-6-12)8-3-7-14-13(17)4-2-11-16/h12,16H,2-11H2,1H3,(H,14,17). The van der Waals surface area contributed by atoms with E-state index in [2.05, 4.69) is 17.1 Å². The summed E-state index contributed by atoms with van der Waals surface area (Å²) in [5.74, 6) is 0.941. The lowest BCUT2D eigenvalue weighted by Crippen LogP contribution is -2.35. The zero-order valence-corrected chi connectivity index (χ0v) is 11.0. The van der Waals surface area contributed by atoms with E-state index in [1.165, 1.54) is 25.9 Å². The number of hydrogen-bond acceptors (Lipinski definition) is 3. The number of aliphatic hydroxyl groups is 1. The van der Waals surface area contributed by atoms with Crippen LogP contribution in [0, 0.1) is 5.92 Å². The molecule has 0 saturated carbocycles. The van der Waals surface area contributed by atoms with E-state index in [0.717, 1.165) is 25.4 Å². The van der Waals surface area contributed by atoms with Gasteiger partial charge in [-0.05, 0) is 51.2 Å². The molecule has 1 heterocycles. The van der Waals surface area contributed by atoms with Gasteiger partial charge >= 0.3 is 0 Å². The van der Waals surface area contributed by atoms with Crippen molar-refractivity contribution in [2.75, 3.05) is 32.8 Å². The van der Waals surface area contributed by atoms with Crippen LogP contribution in [0.2, 0.25) is 0 Å². The SMILES string of the molecule is CC1CCN(CCCNC(=O)CCCO)CC1. The Hall–Kier alpha value is -0.610. The molecule has 2 N–H and O–H groups in total. The molecule has 1 fully saturated rings. The van der Waals surface area contributed by atoms with Crippen molar-refractivity contribution in [1.29, 1.82) is 0 Å². The van der Waals surface area contributed by atoms with E-state index in [0.29, 0.717) is 12.8 Å². The van der Waals surface area contributed by atoms with Gasteiger partial charge in [0.25, 0.3) is 0 Å². The number of carbonyl (C=O) groups is 1. The van der Waals surface area contributed by atoms with Crippen LogP contribution in [0.25, 0.3) is 0 Å². The third-order valence-electron chi connectivity index (χ3n) is 3.41. The molecule has 100 valence electrons. The topological polar surface area (TPSA) is 52.6 Å². The van der Waals surface area contributed by atoms with E-state index < -0.39 is 0 Å². The highest BCUT2D eigenvalue weighted by molar-refractivity contribution is 5.75. The van der Waals surface area contributed by atoms with Gasteiger partial charge in [-0.2, -0.15) is 0 Å². The van der Waals surface area contributed by atoms with E-state index in [-0.39, 0.29) is 12.5 Å². The summed E-state index contributed by atoms with van der Waals surface area (Å²) in [5, 5.41) is 11.5. The molecule has 0 aliphatic carbocycles. The zero-order chi connectivity index (χ0) is 12.5. The summed E-state index contributed by atoms with van der Waals surface area (Å²) in [7, 11) is 0. The van der Waals surface area contributed by atoms with Gasteiger partial charge in [0.1, 0.15) is 0 Å². The molecule has 0 aromatic rings. The van der Waals surface area contributed by atoms with Crippen LogP contribution in [-0.4, -0.2) is 48.7 Å². The minimum absolute atomic E-state index is 0.0614. The first-order valence-electron chi connectivity index (χ1n) is 6.82. The van der Waals surface area contributed by atoms with Crippen molar-refractivity contribution >= 4 is 5.91 Å². The zero-order valence-electron chi connectivity index (χ0n) is 11.0. The predicted molar refractivity (Wildman–Crippen MR) is 68.8 cm³/mol. The molecule has 0 atom stereocenters. The first-order valence-corrected chi connectivity index (χ1v) is 6.82. The maximum Gasteiger partial charge on any atom is 0.220 e. The lowest BCUT2D eigenvalue weighted by atomic mass is 9.99. The summed E-state index contributed by atoms with van der Waals surface area (Å²) < 4.78 is 0. The van der Waals surface area contributed by atoms with E-state index >= 15 is 0 Å². The van der Waals surface area contributed by atoms with Crippen molar-refractivity contribution in [2.45, 2.75) is 39.0 Å². The smallest absolute Gasteiger partial charge is 0.220 e. The van der Waals surface area contributed by atoms with Gasteiger partial charge in [0, 0.05) is 19.6 Å². The second-order valence-corrected chi connectivity index (χ2v) is 5.05. The van der Waals surface area contributed by atoms with Crippen LogP contribution in [0.15, 0.2) is 0 Å². The van der Waals surface area contributed by atoms with Crippen LogP contribution >= 0.6 is 0 Å². The fourth-order valence-electron chi connectivity index (χ4n) is 2.14. The molecule has 0 spiro atoms. The molecule has 1 aliphatic heterocycles. The molecular weight excluding hydrogens is 216 g/mol. The first-order chi connectivity index (χ1) is 8.22. The maximum atomic E-state index is 11.3. The molecule has 0 unspecified atom stereocenters. The molecule has 1 rings (SSSR count). The van der Waals surface area contributed by atoms with Crippen LogP contribution in [0.4, 0.5) is 0 Å². The van der Waals surface area contributed by atoms with Gasteiger partial charge in [-0.1, -0.05) is 6.92 Å². The highest BCUT2D eigenvalue weighted by Crippen LogP contribution is 2.15. The number of amides is 1. The van der Waals surface area contributed by atoms with E-state index in [4.69, 9.17) is 5.11 Å². The number of nitrogens with one attached hydrogen (secondary N) is 1. The Kier molecular flexibility index (Phi) is 7.21. The van der Waals surface area contributed by atoms with Gasteiger partial charge in [0.2, 0.25) is 5.91 Å².